The van der Waals surface area contributed by atoms with E-state index in [1.54, 1.807) is 12.1 Å². The lowest BCUT2D eigenvalue weighted by molar-refractivity contribution is -0.118. The van der Waals surface area contributed by atoms with Gasteiger partial charge in [-0.2, -0.15) is 0 Å². The summed E-state index contributed by atoms with van der Waals surface area (Å²) in [6, 6.07) is 7.22. The molecule has 0 aliphatic heterocycles. The minimum absolute atomic E-state index is 0.125. The molecule has 0 fully saturated rings. The summed E-state index contributed by atoms with van der Waals surface area (Å²) in [4.78, 5) is 12.2. The van der Waals surface area contributed by atoms with Crippen LogP contribution in [-0.4, -0.2) is 17.0 Å². The molecule has 0 heterocycles. The van der Waals surface area contributed by atoms with Crippen LogP contribution in [0.5, 0.6) is 5.75 Å². The number of benzene rings is 1. The van der Waals surface area contributed by atoms with Crippen molar-refractivity contribution in [2.45, 2.75) is 33.3 Å². The normalized spacial score (nSPS) is 12.0. The predicted octanol–water partition coefficient (Wildman–Crippen LogP) is 2.72. The SMILES string of the molecule is CCC(C(=O)Nc1ccc(OC(C)C)cc1)C(N)=S. The van der Waals surface area contributed by atoms with E-state index in [1.165, 1.54) is 0 Å². The molecule has 1 aromatic rings. The van der Waals surface area contributed by atoms with Gasteiger partial charge in [0.2, 0.25) is 5.91 Å². The summed E-state index contributed by atoms with van der Waals surface area (Å²) in [5, 5.41) is 2.79. The third kappa shape index (κ3) is 4.87. The first kappa shape index (κ1) is 15.4. The van der Waals surface area contributed by atoms with Crippen LogP contribution in [0.3, 0.4) is 0 Å². The van der Waals surface area contributed by atoms with Gasteiger partial charge in [0.1, 0.15) is 5.75 Å². The topological polar surface area (TPSA) is 64.3 Å². The van der Waals surface area contributed by atoms with Gasteiger partial charge < -0.3 is 15.8 Å². The fourth-order valence-electron chi connectivity index (χ4n) is 1.63. The van der Waals surface area contributed by atoms with Gasteiger partial charge in [-0.25, -0.2) is 0 Å². The Morgan fingerprint density at radius 1 is 1.37 bits per heavy atom. The highest BCUT2D eigenvalue weighted by atomic mass is 32.1. The van der Waals surface area contributed by atoms with Crippen molar-refractivity contribution in [2.75, 3.05) is 5.32 Å². The van der Waals surface area contributed by atoms with Gasteiger partial charge in [-0.3, -0.25) is 4.79 Å². The first-order chi connectivity index (χ1) is 8.93. The van der Waals surface area contributed by atoms with Gasteiger partial charge in [0.15, 0.2) is 0 Å². The highest BCUT2D eigenvalue weighted by Gasteiger charge is 2.19. The van der Waals surface area contributed by atoms with E-state index in [-0.39, 0.29) is 17.0 Å². The van der Waals surface area contributed by atoms with Crippen LogP contribution in [-0.2, 0) is 4.79 Å². The zero-order valence-electron chi connectivity index (χ0n) is 11.5. The van der Waals surface area contributed by atoms with Gasteiger partial charge in [0, 0.05) is 5.69 Å². The smallest absolute Gasteiger partial charge is 0.234 e. The Morgan fingerprint density at radius 2 is 1.95 bits per heavy atom. The van der Waals surface area contributed by atoms with Crippen molar-refractivity contribution in [3.05, 3.63) is 24.3 Å². The molecule has 104 valence electrons. The number of ether oxygens (including phenoxy) is 1. The molecule has 0 radical (unpaired) electrons. The lowest BCUT2D eigenvalue weighted by Crippen LogP contribution is -2.32. The fourth-order valence-corrected chi connectivity index (χ4v) is 1.91. The number of hydrogen-bond donors (Lipinski definition) is 2. The number of carbonyl (C=O) groups excluding carboxylic acids is 1. The van der Waals surface area contributed by atoms with Gasteiger partial charge >= 0.3 is 0 Å². The van der Waals surface area contributed by atoms with E-state index in [9.17, 15) is 4.79 Å². The van der Waals surface area contributed by atoms with Gasteiger partial charge in [0.25, 0.3) is 0 Å². The molecule has 0 bridgehead atoms. The Hall–Kier alpha value is -1.62. The van der Waals surface area contributed by atoms with Crippen LogP contribution in [0.4, 0.5) is 5.69 Å². The van der Waals surface area contributed by atoms with E-state index in [2.05, 4.69) is 5.32 Å². The second-order valence-corrected chi connectivity index (χ2v) is 5.01. The van der Waals surface area contributed by atoms with Crippen molar-refractivity contribution in [2.24, 2.45) is 11.7 Å². The van der Waals surface area contributed by atoms with Crippen molar-refractivity contribution < 1.29 is 9.53 Å². The monoisotopic (exact) mass is 280 g/mol. The molecular weight excluding hydrogens is 260 g/mol. The molecule has 19 heavy (non-hydrogen) atoms. The van der Waals surface area contributed by atoms with E-state index in [0.29, 0.717) is 12.1 Å². The first-order valence-corrected chi connectivity index (χ1v) is 6.71. The van der Waals surface area contributed by atoms with Crippen molar-refractivity contribution >= 4 is 28.8 Å². The molecule has 0 spiro atoms. The highest BCUT2D eigenvalue weighted by Crippen LogP contribution is 2.18. The summed E-state index contributed by atoms with van der Waals surface area (Å²) >= 11 is 4.87. The summed E-state index contributed by atoms with van der Waals surface area (Å²) < 4.78 is 5.53. The fraction of sp³-hybridized carbons (Fsp3) is 0.429. The molecule has 0 saturated carbocycles. The van der Waals surface area contributed by atoms with Crippen LogP contribution in [0, 0.1) is 5.92 Å². The second kappa shape index (κ2) is 7.09. The lowest BCUT2D eigenvalue weighted by atomic mass is 10.1. The van der Waals surface area contributed by atoms with Crippen molar-refractivity contribution in [1.82, 2.24) is 0 Å². The molecule has 1 aromatic carbocycles. The number of thiocarbonyl (C=S) groups is 1. The Balaban J connectivity index is 2.67. The first-order valence-electron chi connectivity index (χ1n) is 6.31. The van der Waals surface area contributed by atoms with Gasteiger partial charge in [-0.1, -0.05) is 19.1 Å². The zero-order valence-corrected chi connectivity index (χ0v) is 12.3. The van der Waals surface area contributed by atoms with Crippen LogP contribution >= 0.6 is 12.2 Å². The predicted molar refractivity (Wildman–Crippen MR) is 81.4 cm³/mol. The van der Waals surface area contributed by atoms with Crippen LogP contribution in [0.25, 0.3) is 0 Å². The minimum Gasteiger partial charge on any atom is -0.491 e. The standard InChI is InChI=1S/C14H20N2O2S/c1-4-12(13(15)19)14(17)16-10-5-7-11(8-6-10)18-9(2)3/h5-9,12H,4H2,1-3H3,(H2,15,19)(H,16,17). The van der Waals surface area contributed by atoms with Crippen LogP contribution in [0.2, 0.25) is 0 Å². The number of nitrogens with one attached hydrogen (secondary N) is 1. The van der Waals surface area contributed by atoms with E-state index < -0.39 is 5.92 Å². The number of nitrogens with two attached hydrogens (primary N) is 1. The Morgan fingerprint density at radius 3 is 2.37 bits per heavy atom. The molecule has 0 saturated heterocycles. The van der Waals surface area contributed by atoms with E-state index in [1.807, 2.05) is 32.9 Å². The molecule has 1 rings (SSSR count). The van der Waals surface area contributed by atoms with Crippen molar-refractivity contribution in [1.29, 1.82) is 0 Å². The molecule has 1 unspecified atom stereocenters. The Bertz CT molecular complexity index is 443. The van der Waals surface area contributed by atoms with E-state index >= 15 is 0 Å². The summed E-state index contributed by atoms with van der Waals surface area (Å²) in [5.41, 5.74) is 6.24. The molecule has 3 N–H and O–H groups in total. The third-order valence-corrected chi connectivity index (χ3v) is 2.85. The maximum absolute atomic E-state index is 11.9. The molecular formula is C14H20N2O2S. The largest absolute Gasteiger partial charge is 0.491 e. The molecule has 0 aliphatic rings. The number of carbonyl (C=O) groups is 1. The van der Waals surface area contributed by atoms with Crippen LogP contribution < -0.4 is 15.8 Å². The lowest BCUT2D eigenvalue weighted by Gasteiger charge is -2.14. The second-order valence-electron chi connectivity index (χ2n) is 4.54. The molecule has 4 nitrogen and oxygen atoms in total. The summed E-state index contributed by atoms with van der Waals surface area (Å²) in [7, 11) is 0. The summed E-state index contributed by atoms with van der Waals surface area (Å²) in [5.74, 6) is 0.170. The molecule has 0 aliphatic carbocycles. The molecule has 5 heteroatoms. The Labute approximate surface area is 119 Å². The van der Waals surface area contributed by atoms with Gasteiger partial charge in [-0.05, 0) is 44.5 Å². The Kier molecular flexibility index (Phi) is 5.76. The summed E-state index contributed by atoms with van der Waals surface area (Å²) in [6.45, 7) is 5.80. The van der Waals surface area contributed by atoms with Crippen molar-refractivity contribution in [3.8, 4) is 5.75 Å². The number of anilines is 1. The average Bonchev–Trinajstić information content (AvgIpc) is 2.31. The average molecular weight is 280 g/mol. The molecule has 0 aromatic heterocycles. The number of rotatable bonds is 6. The maximum atomic E-state index is 11.9. The number of hydrogen-bond acceptors (Lipinski definition) is 3. The van der Waals surface area contributed by atoms with Crippen LogP contribution in [0.1, 0.15) is 27.2 Å². The zero-order chi connectivity index (χ0) is 14.4. The molecule has 1 amide bonds. The summed E-state index contributed by atoms with van der Waals surface area (Å²) in [6.07, 6.45) is 0.718. The highest BCUT2D eigenvalue weighted by molar-refractivity contribution is 7.80. The molecule has 1 atom stereocenters. The maximum Gasteiger partial charge on any atom is 0.234 e. The van der Waals surface area contributed by atoms with E-state index in [4.69, 9.17) is 22.7 Å². The quantitative estimate of drug-likeness (QED) is 0.786. The van der Waals surface area contributed by atoms with Gasteiger partial charge in [0.05, 0.1) is 17.0 Å². The van der Waals surface area contributed by atoms with E-state index in [0.717, 1.165) is 5.75 Å². The van der Waals surface area contributed by atoms with Crippen LogP contribution in [0.15, 0.2) is 24.3 Å². The van der Waals surface area contributed by atoms with Crippen molar-refractivity contribution in [3.63, 3.8) is 0 Å². The number of amides is 1. The third-order valence-electron chi connectivity index (χ3n) is 2.56. The van der Waals surface area contributed by atoms with Gasteiger partial charge in [-0.15, -0.1) is 0 Å². The minimum atomic E-state index is -0.429.